The van der Waals surface area contributed by atoms with Crippen LogP contribution in [0.25, 0.3) is 22.3 Å². The summed E-state index contributed by atoms with van der Waals surface area (Å²) in [7, 11) is 0. The van der Waals surface area contributed by atoms with E-state index in [-0.39, 0.29) is 29.7 Å². The molecule has 1 aliphatic rings. The van der Waals surface area contributed by atoms with Crippen LogP contribution in [0.3, 0.4) is 0 Å². The molecule has 0 aliphatic carbocycles. The molecular formula is C26H23F3O3. The van der Waals surface area contributed by atoms with Crippen LogP contribution in [0, 0.1) is 17.5 Å². The monoisotopic (exact) mass is 440 g/mol. The molecule has 0 unspecified atom stereocenters. The van der Waals surface area contributed by atoms with E-state index in [9.17, 15) is 13.2 Å². The van der Waals surface area contributed by atoms with Gasteiger partial charge in [0.25, 0.3) is 0 Å². The van der Waals surface area contributed by atoms with Gasteiger partial charge < -0.3 is 14.2 Å². The molecular weight excluding hydrogens is 417 g/mol. The first-order chi connectivity index (χ1) is 15.5. The normalized spacial score (nSPS) is 18.4. The molecule has 32 heavy (non-hydrogen) atoms. The molecule has 0 aromatic heterocycles. The molecule has 1 heterocycles. The Balaban J connectivity index is 1.54. The van der Waals surface area contributed by atoms with Crippen molar-refractivity contribution in [3.63, 3.8) is 0 Å². The van der Waals surface area contributed by atoms with Crippen molar-refractivity contribution in [1.82, 2.24) is 0 Å². The first-order valence-electron chi connectivity index (χ1n) is 10.4. The van der Waals surface area contributed by atoms with Crippen molar-refractivity contribution in [2.45, 2.75) is 19.1 Å². The number of hydrogen-bond acceptors (Lipinski definition) is 3. The molecule has 3 aromatic carbocycles. The van der Waals surface area contributed by atoms with Crippen molar-refractivity contribution in [2.75, 3.05) is 19.8 Å². The lowest BCUT2D eigenvalue weighted by Crippen LogP contribution is -2.29. The second kappa shape index (κ2) is 9.59. The Morgan fingerprint density at radius 1 is 0.906 bits per heavy atom. The summed E-state index contributed by atoms with van der Waals surface area (Å²) in [6, 6.07) is 14.8. The molecule has 1 saturated heterocycles. The second-order valence-corrected chi connectivity index (χ2v) is 7.45. The third kappa shape index (κ3) is 4.42. The second-order valence-electron chi connectivity index (χ2n) is 7.45. The van der Waals surface area contributed by atoms with Gasteiger partial charge in [0.1, 0.15) is 5.82 Å². The molecule has 1 aliphatic heterocycles. The van der Waals surface area contributed by atoms with Gasteiger partial charge in [-0.25, -0.2) is 8.78 Å². The van der Waals surface area contributed by atoms with Crippen molar-refractivity contribution in [2.24, 2.45) is 0 Å². The van der Waals surface area contributed by atoms with Gasteiger partial charge in [-0.1, -0.05) is 43.0 Å². The van der Waals surface area contributed by atoms with E-state index in [0.29, 0.717) is 29.9 Å². The highest BCUT2D eigenvalue weighted by Gasteiger charge is 2.24. The lowest BCUT2D eigenvalue weighted by atomic mass is 9.95. The van der Waals surface area contributed by atoms with Crippen molar-refractivity contribution in [3.8, 4) is 28.0 Å². The first kappa shape index (κ1) is 22.1. The standard InChI is InChI=1S/C26H23F3O3/c1-3-24-31-14-19(15-32-24)20-10-9-18(13-22(20)27)16-5-7-17(8-6-16)21-11-12-23(30-4-2)26(29)25(21)28/h3,5-13,19,24H,1,4,14-15H2,2H3. The van der Waals surface area contributed by atoms with E-state index >= 15 is 0 Å². The SMILES string of the molecule is C=CC1OCC(c2ccc(-c3ccc(-c4ccc(OCC)c(F)c4F)cc3)cc2F)CO1. The van der Waals surface area contributed by atoms with Gasteiger partial charge in [-0.2, -0.15) is 4.39 Å². The van der Waals surface area contributed by atoms with Gasteiger partial charge in [0, 0.05) is 11.5 Å². The van der Waals surface area contributed by atoms with Crippen LogP contribution < -0.4 is 4.74 Å². The number of benzene rings is 3. The van der Waals surface area contributed by atoms with Gasteiger partial charge in [0.15, 0.2) is 17.9 Å². The summed E-state index contributed by atoms with van der Waals surface area (Å²) in [6.07, 6.45) is 1.10. The molecule has 6 heteroatoms. The number of hydrogen-bond donors (Lipinski definition) is 0. The van der Waals surface area contributed by atoms with E-state index in [2.05, 4.69) is 6.58 Å². The highest BCUT2D eigenvalue weighted by molar-refractivity contribution is 5.71. The van der Waals surface area contributed by atoms with Gasteiger partial charge in [0.2, 0.25) is 5.82 Å². The van der Waals surface area contributed by atoms with Crippen LogP contribution in [-0.4, -0.2) is 26.1 Å². The van der Waals surface area contributed by atoms with Crippen LogP contribution in [0.2, 0.25) is 0 Å². The maximum Gasteiger partial charge on any atom is 0.201 e. The van der Waals surface area contributed by atoms with Gasteiger partial charge in [-0.15, -0.1) is 0 Å². The zero-order valence-corrected chi connectivity index (χ0v) is 17.6. The van der Waals surface area contributed by atoms with Gasteiger partial charge in [0.05, 0.1) is 19.8 Å². The molecule has 0 saturated carbocycles. The fourth-order valence-corrected chi connectivity index (χ4v) is 3.74. The largest absolute Gasteiger partial charge is 0.491 e. The maximum absolute atomic E-state index is 14.8. The van der Waals surface area contributed by atoms with E-state index in [1.807, 2.05) is 6.07 Å². The molecule has 0 atom stereocenters. The molecule has 1 fully saturated rings. The fourth-order valence-electron chi connectivity index (χ4n) is 3.74. The lowest BCUT2D eigenvalue weighted by molar-refractivity contribution is -0.159. The zero-order valence-electron chi connectivity index (χ0n) is 17.6. The molecule has 0 N–H and O–H groups in total. The van der Waals surface area contributed by atoms with Crippen molar-refractivity contribution in [3.05, 3.63) is 90.3 Å². The summed E-state index contributed by atoms with van der Waals surface area (Å²) in [6.45, 7) is 6.28. The first-order valence-corrected chi connectivity index (χ1v) is 10.4. The minimum atomic E-state index is -1.01. The highest BCUT2D eigenvalue weighted by atomic mass is 19.2. The topological polar surface area (TPSA) is 27.7 Å². The van der Waals surface area contributed by atoms with Crippen LogP contribution >= 0.6 is 0 Å². The number of rotatable bonds is 6. The van der Waals surface area contributed by atoms with E-state index in [1.165, 1.54) is 18.2 Å². The fraction of sp³-hybridized carbons (Fsp3) is 0.231. The minimum absolute atomic E-state index is 0.116. The van der Waals surface area contributed by atoms with Crippen molar-refractivity contribution < 1.29 is 27.4 Å². The Kier molecular flexibility index (Phi) is 6.63. The summed E-state index contributed by atoms with van der Waals surface area (Å²) in [5.41, 5.74) is 2.61. The van der Waals surface area contributed by atoms with Crippen LogP contribution in [-0.2, 0) is 9.47 Å². The molecule has 3 aromatic rings. The molecule has 4 rings (SSSR count). The summed E-state index contributed by atoms with van der Waals surface area (Å²) in [4.78, 5) is 0. The van der Waals surface area contributed by atoms with Crippen LogP contribution in [0.4, 0.5) is 13.2 Å². The molecule has 0 amide bonds. The Labute approximate surface area is 185 Å². The third-order valence-electron chi connectivity index (χ3n) is 5.43. The third-order valence-corrected chi connectivity index (χ3v) is 5.43. The summed E-state index contributed by atoms with van der Waals surface area (Å²) < 4.78 is 59.5. The molecule has 166 valence electrons. The van der Waals surface area contributed by atoms with E-state index in [1.54, 1.807) is 43.3 Å². The molecule has 0 spiro atoms. The molecule has 0 radical (unpaired) electrons. The van der Waals surface area contributed by atoms with Crippen molar-refractivity contribution in [1.29, 1.82) is 0 Å². The summed E-state index contributed by atoms with van der Waals surface area (Å²) in [5, 5.41) is 0. The van der Waals surface area contributed by atoms with Gasteiger partial charge >= 0.3 is 0 Å². The Hall–Kier alpha value is -3.09. The minimum Gasteiger partial charge on any atom is -0.491 e. The maximum atomic E-state index is 14.8. The predicted octanol–water partition coefficient (Wildman–Crippen LogP) is 6.48. The van der Waals surface area contributed by atoms with E-state index < -0.39 is 17.9 Å². The average molecular weight is 440 g/mol. The average Bonchev–Trinajstić information content (AvgIpc) is 2.82. The number of ether oxygens (including phenoxy) is 3. The van der Waals surface area contributed by atoms with Gasteiger partial charge in [-0.3, -0.25) is 0 Å². The van der Waals surface area contributed by atoms with Crippen molar-refractivity contribution >= 4 is 0 Å². The van der Waals surface area contributed by atoms with Gasteiger partial charge in [-0.05, 0) is 53.5 Å². The summed E-state index contributed by atoms with van der Waals surface area (Å²) in [5.74, 6) is -2.63. The highest BCUT2D eigenvalue weighted by Crippen LogP contribution is 2.33. The van der Waals surface area contributed by atoms with E-state index in [0.717, 1.165) is 5.56 Å². The summed E-state index contributed by atoms with van der Waals surface area (Å²) >= 11 is 0. The number of halogens is 3. The van der Waals surface area contributed by atoms with E-state index in [4.69, 9.17) is 14.2 Å². The van der Waals surface area contributed by atoms with Crippen LogP contribution in [0.5, 0.6) is 5.75 Å². The van der Waals surface area contributed by atoms with Crippen LogP contribution in [0.15, 0.2) is 67.3 Å². The smallest absolute Gasteiger partial charge is 0.201 e. The Morgan fingerprint density at radius 2 is 1.56 bits per heavy atom. The quantitative estimate of drug-likeness (QED) is 0.411. The zero-order chi connectivity index (χ0) is 22.7. The lowest BCUT2D eigenvalue weighted by Gasteiger charge is -2.28. The Morgan fingerprint density at radius 3 is 2.19 bits per heavy atom. The molecule has 3 nitrogen and oxygen atoms in total. The van der Waals surface area contributed by atoms with Crippen LogP contribution in [0.1, 0.15) is 18.4 Å². The molecule has 0 bridgehead atoms. The predicted molar refractivity (Wildman–Crippen MR) is 117 cm³/mol. The Bertz CT molecular complexity index is 1100.